The van der Waals surface area contributed by atoms with Crippen molar-refractivity contribution < 1.29 is 13.2 Å². The molecular weight excluding hydrogens is 289 g/mol. The lowest BCUT2D eigenvalue weighted by Crippen LogP contribution is -2.10. The third-order valence-corrected chi connectivity index (χ3v) is 3.13. The first kappa shape index (κ1) is 14.7. The summed E-state index contributed by atoms with van der Waals surface area (Å²) in [7, 11) is 0. The average molecular weight is 301 g/mol. The van der Waals surface area contributed by atoms with E-state index >= 15 is 0 Å². The van der Waals surface area contributed by atoms with Gasteiger partial charge in [-0.25, -0.2) is 0 Å². The number of hydrogen-bond acceptors (Lipinski definition) is 2. The number of anilines is 1. The zero-order valence-electron chi connectivity index (χ0n) is 10.6. The lowest BCUT2D eigenvalue weighted by molar-refractivity contribution is -0.137. The first-order valence-electron chi connectivity index (χ1n) is 5.92. The van der Waals surface area contributed by atoms with E-state index in [1.165, 1.54) is 6.07 Å². The Labute approximate surface area is 119 Å². The average Bonchev–Trinajstić information content (AvgIpc) is 2.41. The van der Waals surface area contributed by atoms with Gasteiger partial charge < -0.3 is 5.32 Å². The van der Waals surface area contributed by atoms with Gasteiger partial charge in [-0.3, -0.25) is 4.98 Å². The Bertz CT molecular complexity index is 585. The van der Waals surface area contributed by atoms with E-state index in [0.717, 1.165) is 17.8 Å². The van der Waals surface area contributed by atoms with E-state index in [1.54, 1.807) is 25.3 Å². The summed E-state index contributed by atoms with van der Waals surface area (Å²) >= 11 is 5.93. The standard InChI is InChI=1S/C14H12ClF3N2/c1-9(12-4-2-3-7-19-12)20-13-8-10(14(16,17)18)5-6-11(13)15/h2-9,20H,1H3. The van der Waals surface area contributed by atoms with E-state index in [1.807, 2.05) is 6.07 Å². The molecule has 0 bridgehead atoms. The van der Waals surface area contributed by atoms with Crippen LogP contribution >= 0.6 is 11.6 Å². The first-order chi connectivity index (χ1) is 9.38. The largest absolute Gasteiger partial charge is 0.416 e. The van der Waals surface area contributed by atoms with Gasteiger partial charge in [-0.15, -0.1) is 0 Å². The second-order valence-electron chi connectivity index (χ2n) is 4.31. The zero-order valence-corrected chi connectivity index (χ0v) is 11.3. The Kier molecular flexibility index (Phi) is 4.18. The Morgan fingerprint density at radius 2 is 1.95 bits per heavy atom. The van der Waals surface area contributed by atoms with Crippen LogP contribution in [0, 0.1) is 0 Å². The maximum atomic E-state index is 12.7. The minimum atomic E-state index is -4.39. The summed E-state index contributed by atoms with van der Waals surface area (Å²) in [4.78, 5) is 4.15. The fourth-order valence-electron chi connectivity index (χ4n) is 1.75. The van der Waals surface area contributed by atoms with Crippen LogP contribution in [0.15, 0.2) is 42.6 Å². The molecule has 6 heteroatoms. The Hall–Kier alpha value is -1.75. The molecule has 0 amide bonds. The molecule has 1 atom stereocenters. The smallest absolute Gasteiger partial charge is 0.376 e. The molecule has 0 radical (unpaired) electrons. The van der Waals surface area contributed by atoms with Gasteiger partial charge in [0.2, 0.25) is 0 Å². The molecule has 0 fully saturated rings. The second kappa shape index (κ2) is 5.71. The topological polar surface area (TPSA) is 24.9 Å². The maximum Gasteiger partial charge on any atom is 0.416 e. The van der Waals surface area contributed by atoms with Crippen LogP contribution in [-0.2, 0) is 6.18 Å². The Morgan fingerprint density at radius 3 is 2.55 bits per heavy atom. The van der Waals surface area contributed by atoms with Crippen LogP contribution in [0.1, 0.15) is 24.2 Å². The molecule has 2 nitrogen and oxygen atoms in total. The fraction of sp³-hybridized carbons (Fsp3) is 0.214. The summed E-state index contributed by atoms with van der Waals surface area (Å²) in [6.07, 6.45) is -2.77. The number of hydrogen-bond donors (Lipinski definition) is 1. The lowest BCUT2D eigenvalue weighted by Gasteiger charge is -2.17. The SMILES string of the molecule is CC(Nc1cc(C(F)(F)F)ccc1Cl)c1ccccn1. The molecule has 1 aromatic carbocycles. The maximum absolute atomic E-state index is 12.7. The van der Waals surface area contributed by atoms with Crippen molar-refractivity contribution in [3.8, 4) is 0 Å². The number of benzene rings is 1. The van der Waals surface area contributed by atoms with Gasteiger partial charge >= 0.3 is 6.18 Å². The normalized spacial score (nSPS) is 13.1. The molecule has 106 valence electrons. The molecule has 1 heterocycles. The molecule has 0 spiro atoms. The number of halogens is 4. The monoisotopic (exact) mass is 300 g/mol. The van der Waals surface area contributed by atoms with Crippen molar-refractivity contribution in [2.75, 3.05) is 5.32 Å². The van der Waals surface area contributed by atoms with E-state index in [0.29, 0.717) is 0 Å². The van der Waals surface area contributed by atoms with Crippen LogP contribution in [0.25, 0.3) is 0 Å². The zero-order chi connectivity index (χ0) is 14.8. The van der Waals surface area contributed by atoms with Gasteiger partial charge in [0, 0.05) is 6.20 Å². The molecule has 2 aromatic rings. The number of nitrogens with one attached hydrogen (secondary N) is 1. The number of alkyl halides is 3. The first-order valence-corrected chi connectivity index (χ1v) is 6.30. The van der Waals surface area contributed by atoms with Crippen molar-refractivity contribution in [2.24, 2.45) is 0 Å². The van der Waals surface area contributed by atoms with E-state index in [9.17, 15) is 13.2 Å². The highest BCUT2D eigenvalue weighted by molar-refractivity contribution is 6.33. The van der Waals surface area contributed by atoms with Gasteiger partial charge in [-0.05, 0) is 37.3 Å². The Balaban J connectivity index is 2.25. The molecule has 1 unspecified atom stereocenters. The summed E-state index contributed by atoms with van der Waals surface area (Å²) in [5.41, 5.74) is 0.221. The van der Waals surface area contributed by atoms with Gasteiger partial charge in [0.15, 0.2) is 0 Å². The van der Waals surface area contributed by atoms with Crippen molar-refractivity contribution in [2.45, 2.75) is 19.1 Å². The van der Waals surface area contributed by atoms with Crippen molar-refractivity contribution in [3.05, 3.63) is 58.9 Å². The Morgan fingerprint density at radius 1 is 1.20 bits per heavy atom. The van der Waals surface area contributed by atoms with Gasteiger partial charge in [0.1, 0.15) is 0 Å². The van der Waals surface area contributed by atoms with E-state index in [2.05, 4.69) is 10.3 Å². The highest BCUT2D eigenvalue weighted by atomic mass is 35.5. The van der Waals surface area contributed by atoms with Crippen LogP contribution in [-0.4, -0.2) is 4.98 Å². The second-order valence-corrected chi connectivity index (χ2v) is 4.72. The van der Waals surface area contributed by atoms with Crippen LogP contribution in [0.5, 0.6) is 0 Å². The van der Waals surface area contributed by atoms with E-state index < -0.39 is 11.7 Å². The predicted octanol–water partition coefficient (Wildman–Crippen LogP) is 4.93. The third-order valence-electron chi connectivity index (χ3n) is 2.80. The summed E-state index contributed by atoms with van der Waals surface area (Å²) in [6.45, 7) is 1.80. The van der Waals surface area contributed by atoms with Gasteiger partial charge in [0.05, 0.1) is 28.0 Å². The highest BCUT2D eigenvalue weighted by Gasteiger charge is 2.31. The molecule has 2 rings (SSSR count). The lowest BCUT2D eigenvalue weighted by atomic mass is 10.1. The molecule has 20 heavy (non-hydrogen) atoms. The van der Waals surface area contributed by atoms with Gasteiger partial charge in [-0.1, -0.05) is 17.7 Å². The van der Waals surface area contributed by atoms with Gasteiger partial charge in [0.25, 0.3) is 0 Å². The number of rotatable bonds is 3. The van der Waals surface area contributed by atoms with Crippen LogP contribution in [0.4, 0.5) is 18.9 Å². The van der Waals surface area contributed by atoms with Crippen LogP contribution < -0.4 is 5.32 Å². The summed E-state index contributed by atoms with van der Waals surface area (Å²) < 4.78 is 38.0. The van der Waals surface area contributed by atoms with Crippen LogP contribution in [0.2, 0.25) is 5.02 Å². The third kappa shape index (κ3) is 3.42. The van der Waals surface area contributed by atoms with E-state index in [4.69, 9.17) is 11.6 Å². The molecule has 0 aliphatic heterocycles. The van der Waals surface area contributed by atoms with Crippen molar-refractivity contribution in [3.63, 3.8) is 0 Å². The van der Waals surface area contributed by atoms with Crippen molar-refractivity contribution in [1.82, 2.24) is 4.98 Å². The molecular formula is C14H12ClF3N2. The highest BCUT2D eigenvalue weighted by Crippen LogP contribution is 2.34. The summed E-state index contributed by atoms with van der Waals surface area (Å²) in [5, 5.41) is 3.18. The quantitative estimate of drug-likeness (QED) is 0.869. The summed E-state index contributed by atoms with van der Waals surface area (Å²) in [6, 6.07) is 8.32. The van der Waals surface area contributed by atoms with Crippen molar-refractivity contribution >= 4 is 17.3 Å². The van der Waals surface area contributed by atoms with Crippen LogP contribution in [0.3, 0.4) is 0 Å². The van der Waals surface area contributed by atoms with Gasteiger partial charge in [-0.2, -0.15) is 13.2 Å². The molecule has 0 aliphatic carbocycles. The predicted molar refractivity (Wildman–Crippen MR) is 72.7 cm³/mol. The summed E-state index contributed by atoms with van der Waals surface area (Å²) in [5.74, 6) is 0. The number of pyridine rings is 1. The minimum Gasteiger partial charge on any atom is -0.376 e. The minimum absolute atomic E-state index is 0.236. The number of aromatic nitrogens is 1. The fourth-order valence-corrected chi connectivity index (χ4v) is 1.92. The molecule has 0 saturated carbocycles. The molecule has 0 saturated heterocycles. The number of nitrogens with zero attached hydrogens (tertiary/aromatic N) is 1. The molecule has 1 aromatic heterocycles. The molecule has 0 aliphatic rings. The molecule has 1 N–H and O–H groups in total. The van der Waals surface area contributed by atoms with E-state index in [-0.39, 0.29) is 16.8 Å². The van der Waals surface area contributed by atoms with Crippen molar-refractivity contribution in [1.29, 1.82) is 0 Å².